The van der Waals surface area contributed by atoms with Crippen molar-refractivity contribution in [3.63, 3.8) is 0 Å². The van der Waals surface area contributed by atoms with E-state index in [1.807, 2.05) is 19.1 Å². The van der Waals surface area contributed by atoms with E-state index < -0.39 is 17.5 Å². The van der Waals surface area contributed by atoms with Gasteiger partial charge in [0, 0.05) is 19.6 Å². The third-order valence-corrected chi connectivity index (χ3v) is 4.53. The molecule has 4 nitrogen and oxygen atoms in total. The van der Waals surface area contributed by atoms with Crippen LogP contribution in [0.3, 0.4) is 0 Å². The Morgan fingerprint density at radius 3 is 2.74 bits per heavy atom. The fourth-order valence-corrected chi connectivity index (χ4v) is 3.24. The van der Waals surface area contributed by atoms with Crippen molar-refractivity contribution in [2.75, 3.05) is 19.6 Å². The molecule has 0 aliphatic carbocycles. The minimum Gasteiger partial charge on any atom is -0.481 e. The smallest absolute Gasteiger partial charge is 0.313 e. The van der Waals surface area contributed by atoms with Crippen LogP contribution in [0.4, 0.5) is 4.39 Å². The number of aliphatic hydroxyl groups is 1. The highest BCUT2D eigenvalue weighted by Crippen LogP contribution is 2.35. The Hall–Kier alpha value is -1.72. The average Bonchev–Trinajstić information content (AvgIpc) is 2.52. The number of benzene rings is 1. The van der Waals surface area contributed by atoms with Crippen LogP contribution in [0.1, 0.15) is 31.7 Å². The van der Waals surface area contributed by atoms with Gasteiger partial charge in [-0.2, -0.15) is 0 Å². The maximum absolute atomic E-state index is 12.9. The van der Waals surface area contributed by atoms with Gasteiger partial charge in [0.2, 0.25) is 0 Å². The van der Waals surface area contributed by atoms with Crippen molar-refractivity contribution in [3.05, 3.63) is 41.7 Å². The molecule has 1 aliphatic rings. The Balaban J connectivity index is 2.00. The molecule has 0 unspecified atom stereocenters. The van der Waals surface area contributed by atoms with E-state index >= 15 is 0 Å². The Labute approximate surface area is 136 Å². The molecule has 1 aromatic carbocycles. The first-order valence-corrected chi connectivity index (χ1v) is 8.04. The van der Waals surface area contributed by atoms with Crippen LogP contribution >= 0.6 is 0 Å². The second-order valence-corrected chi connectivity index (χ2v) is 6.20. The van der Waals surface area contributed by atoms with E-state index in [-0.39, 0.29) is 5.82 Å². The van der Waals surface area contributed by atoms with Crippen LogP contribution in [0.2, 0.25) is 0 Å². The molecule has 0 aromatic heterocycles. The zero-order chi connectivity index (χ0) is 16.9. The van der Waals surface area contributed by atoms with Gasteiger partial charge in [-0.1, -0.05) is 37.6 Å². The minimum atomic E-state index is -1.07. The summed E-state index contributed by atoms with van der Waals surface area (Å²) in [5.74, 6) is -1.18. The van der Waals surface area contributed by atoms with Crippen LogP contribution in [-0.4, -0.2) is 46.8 Å². The minimum absolute atomic E-state index is 0.266. The van der Waals surface area contributed by atoms with Crippen molar-refractivity contribution in [2.45, 2.75) is 32.3 Å². The quantitative estimate of drug-likeness (QED) is 0.846. The largest absolute Gasteiger partial charge is 0.481 e. The maximum atomic E-state index is 12.9. The van der Waals surface area contributed by atoms with E-state index in [9.17, 15) is 19.4 Å². The first-order chi connectivity index (χ1) is 11.0. The van der Waals surface area contributed by atoms with Crippen molar-refractivity contribution in [1.29, 1.82) is 0 Å². The summed E-state index contributed by atoms with van der Waals surface area (Å²) in [6.07, 6.45) is 4.72. The fourth-order valence-electron chi connectivity index (χ4n) is 3.24. The summed E-state index contributed by atoms with van der Waals surface area (Å²) in [4.78, 5) is 13.8. The number of carboxylic acids is 1. The highest BCUT2D eigenvalue weighted by Gasteiger charge is 2.48. The summed E-state index contributed by atoms with van der Waals surface area (Å²) >= 11 is 0. The highest BCUT2D eigenvalue weighted by atomic mass is 19.1. The lowest BCUT2D eigenvalue weighted by Gasteiger charge is -2.43. The molecule has 0 radical (unpaired) electrons. The molecule has 1 aliphatic heterocycles. The number of aliphatic carboxylic acids is 1. The van der Waals surface area contributed by atoms with Crippen molar-refractivity contribution < 1.29 is 19.4 Å². The van der Waals surface area contributed by atoms with Gasteiger partial charge in [0.05, 0.1) is 6.10 Å². The molecule has 0 amide bonds. The SMILES string of the molecule is CCC[C@@]1(C(=O)O)CN(C/C=C/c2ccc(F)cc2)CC[C@H]1O. The van der Waals surface area contributed by atoms with Crippen LogP contribution in [-0.2, 0) is 4.79 Å². The van der Waals surface area contributed by atoms with Gasteiger partial charge in [-0.05, 0) is 30.5 Å². The first kappa shape index (κ1) is 17.6. The summed E-state index contributed by atoms with van der Waals surface area (Å²) in [5, 5.41) is 19.8. The lowest BCUT2D eigenvalue weighted by Crippen LogP contribution is -2.55. The number of hydrogen-bond donors (Lipinski definition) is 2. The molecule has 2 atom stereocenters. The molecule has 2 rings (SSSR count). The van der Waals surface area contributed by atoms with Crippen molar-refractivity contribution >= 4 is 12.0 Å². The lowest BCUT2D eigenvalue weighted by molar-refractivity contribution is -0.164. The first-order valence-electron chi connectivity index (χ1n) is 8.04. The van der Waals surface area contributed by atoms with Gasteiger partial charge in [-0.15, -0.1) is 0 Å². The molecule has 0 spiro atoms. The topological polar surface area (TPSA) is 60.8 Å². The normalized spacial score (nSPS) is 25.8. The summed E-state index contributed by atoms with van der Waals surface area (Å²) < 4.78 is 12.9. The maximum Gasteiger partial charge on any atom is 0.313 e. The molecular weight excluding hydrogens is 297 g/mol. The van der Waals surface area contributed by atoms with Crippen LogP contribution < -0.4 is 0 Å². The highest BCUT2D eigenvalue weighted by molar-refractivity contribution is 5.76. The van der Waals surface area contributed by atoms with Crippen molar-refractivity contribution in [2.24, 2.45) is 5.41 Å². The van der Waals surface area contributed by atoms with Gasteiger partial charge >= 0.3 is 5.97 Å². The Bertz CT molecular complexity index is 558. The van der Waals surface area contributed by atoms with E-state index in [2.05, 4.69) is 4.90 Å². The third kappa shape index (κ3) is 4.18. The van der Waals surface area contributed by atoms with Crippen molar-refractivity contribution in [1.82, 2.24) is 4.90 Å². The van der Waals surface area contributed by atoms with Gasteiger partial charge in [-0.3, -0.25) is 9.69 Å². The van der Waals surface area contributed by atoms with Gasteiger partial charge in [0.25, 0.3) is 0 Å². The number of aliphatic hydroxyl groups excluding tert-OH is 1. The monoisotopic (exact) mass is 321 g/mol. The van der Waals surface area contributed by atoms with Crippen LogP contribution in [0.15, 0.2) is 30.3 Å². The molecular formula is C18H24FNO3. The predicted molar refractivity (Wildman–Crippen MR) is 87.5 cm³/mol. The molecule has 1 saturated heterocycles. The average molecular weight is 321 g/mol. The molecule has 1 fully saturated rings. The predicted octanol–water partition coefficient (Wildman–Crippen LogP) is 2.78. The zero-order valence-corrected chi connectivity index (χ0v) is 13.4. The number of hydrogen-bond acceptors (Lipinski definition) is 3. The van der Waals surface area contributed by atoms with Gasteiger partial charge < -0.3 is 10.2 Å². The molecule has 2 N–H and O–H groups in total. The molecule has 0 saturated carbocycles. The number of nitrogens with zero attached hydrogens (tertiary/aromatic N) is 1. The van der Waals surface area contributed by atoms with Crippen LogP contribution in [0.5, 0.6) is 0 Å². The Morgan fingerprint density at radius 1 is 1.43 bits per heavy atom. The van der Waals surface area contributed by atoms with Gasteiger partial charge in [-0.25, -0.2) is 4.39 Å². The molecule has 0 bridgehead atoms. The lowest BCUT2D eigenvalue weighted by atomic mass is 9.74. The molecule has 1 heterocycles. The molecule has 23 heavy (non-hydrogen) atoms. The second kappa shape index (κ2) is 7.70. The molecule has 5 heteroatoms. The van der Waals surface area contributed by atoms with E-state index in [4.69, 9.17) is 0 Å². The number of carbonyl (C=O) groups is 1. The Morgan fingerprint density at radius 2 is 2.13 bits per heavy atom. The molecule has 1 aromatic rings. The summed E-state index contributed by atoms with van der Waals surface area (Å²) in [6.45, 7) is 3.58. The van der Waals surface area contributed by atoms with Gasteiger partial charge in [0.15, 0.2) is 0 Å². The van der Waals surface area contributed by atoms with E-state index in [0.29, 0.717) is 32.5 Å². The Kier molecular flexibility index (Phi) is 5.91. The van der Waals surface area contributed by atoms with Crippen LogP contribution in [0, 0.1) is 11.2 Å². The summed E-state index contributed by atoms with van der Waals surface area (Å²) in [7, 11) is 0. The number of carboxylic acid groups (broad SMARTS) is 1. The summed E-state index contributed by atoms with van der Waals surface area (Å²) in [6, 6.07) is 6.22. The fraction of sp³-hybridized carbons (Fsp3) is 0.500. The molecule has 126 valence electrons. The van der Waals surface area contributed by atoms with E-state index in [1.165, 1.54) is 12.1 Å². The second-order valence-electron chi connectivity index (χ2n) is 6.20. The number of halogens is 1. The van der Waals surface area contributed by atoms with Crippen molar-refractivity contribution in [3.8, 4) is 0 Å². The standard InChI is InChI=1S/C18H24FNO3/c1-2-10-18(17(22)23)13-20(12-9-16(18)21)11-3-4-14-5-7-15(19)8-6-14/h3-8,16,21H,2,9-13H2,1H3,(H,22,23)/b4-3+/t16-,18-/m1/s1. The van der Waals surface area contributed by atoms with Gasteiger partial charge in [0.1, 0.15) is 11.2 Å². The number of piperidine rings is 1. The summed E-state index contributed by atoms with van der Waals surface area (Å²) in [5.41, 5.74) is -0.169. The van der Waals surface area contributed by atoms with E-state index in [1.54, 1.807) is 12.1 Å². The van der Waals surface area contributed by atoms with Crippen LogP contribution in [0.25, 0.3) is 6.08 Å². The van der Waals surface area contributed by atoms with E-state index in [0.717, 1.165) is 12.0 Å². The third-order valence-electron chi connectivity index (χ3n) is 4.53. The zero-order valence-electron chi connectivity index (χ0n) is 13.4. The number of likely N-dealkylation sites (tertiary alicyclic amines) is 1. The number of rotatable bonds is 6.